The Hall–Kier alpha value is -1.14. The van der Waals surface area contributed by atoms with Gasteiger partial charge in [-0.3, -0.25) is 0 Å². The Morgan fingerprint density at radius 3 is 2.75 bits per heavy atom. The summed E-state index contributed by atoms with van der Waals surface area (Å²) in [5.41, 5.74) is 1.02. The summed E-state index contributed by atoms with van der Waals surface area (Å²) in [6.07, 6.45) is -1.47. The van der Waals surface area contributed by atoms with Crippen molar-refractivity contribution >= 4 is 0 Å². The smallest absolute Gasteiger partial charge is 0.186 e. The number of hydrogen-bond acceptors (Lipinski definition) is 5. The minimum atomic E-state index is -0.556. The lowest BCUT2D eigenvalue weighted by molar-refractivity contribution is -0.230. The first kappa shape index (κ1) is 13.8. The number of rotatable bonds is 4. The third-order valence-corrected chi connectivity index (χ3v) is 4.07. The van der Waals surface area contributed by atoms with Crippen molar-refractivity contribution in [3.8, 4) is 5.75 Å². The first-order valence-corrected chi connectivity index (χ1v) is 6.88. The molecule has 2 saturated heterocycles. The number of ether oxygens (including phenoxy) is 4. The summed E-state index contributed by atoms with van der Waals surface area (Å²) in [5.74, 6) is 0.833. The molecule has 1 N–H and O–H groups in total. The van der Waals surface area contributed by atoms with E-state index >= 15 is 0 Å². The number of fused-ring (bicyclic) bond motifs is 2. The minimum absolute atomic E-state index is 0.0177. The summed E-state index contributed by atoms with van der Waals surface area (Å²) in [7, 11) is 1.64. The van der Waals surface area contributed by atoms with Gasteiger partial charge in [-0.15, -0.1) is 0 Å². The maximum Gasteiger partial charge on any atom is 0.186 e. The van der Waals surface area contributed by atoms with Crippen molar-refractivity contribution in [3.63, 3.8) is 0 Å². The first-order chi connectivity index (χ1) is 9.69. The third-order valence-electron chi connectivity index (χ3n) is 4.07. The third kappa shape index (κ3) is 2.54. The van der Waals surface area contributed by atoms with Gasteiger partial charge in [-0.1, -0.05) is 19.1 Å². The largest absolute Gasteiger partial charge is 0.497 e. The lowest BCUT2D eigenvalue weighted by Gasteiger charge is -2.36. The molecule has 0 aliphatic carbocycles. The fraction of sp³-hybridized carbons (Fsp3) is 0.600. The van der Waals surface area contributed by atoms with Crippen molar-refractivity contribution in [2.24, 2.45) is 5.92 Å². The summed E-state index contributed by atoms with van der Waals surface area (Å²) in [6, 6.07) is 7.65. The molecule has 2 aliphatic heterocycles. The number of aliphatic hydroxyl groups is 1. The molecule has 2 aliphatic rings. The molecule has 2 unspecified atom stereocenters. The van der Waals surface area contributed by atoms with Crippen LogP contribution in [0.3, 0.4) is 0 Å². The number of methoxy groups -OCH3 is 1. The van der Waals surface area contributed by atoms with E-state index in [1.165, 1.54) is 0 Å². The van der Waals surface area contributed by atoms with Crippen molar-refractivity contribution < 1.29 is 24.1 Å². The van der Waals surface area contributed by atoms with Crippen LogP contribution in [0, 0.1) is 5.92 Å². The maximum absolute atomic E-state index is 10.3. The van der Waals surface area contributed by atoms with E-state index in [1.807, 2.05) is 31.2 Å². The van der Waals surface area contributed by atoms with E-state index in [0.717, 1.165) is 11.3 Å². The van der Waals surface area contributed by atoms with Gasteiger partial charge in [0.05, 0.1) is 32.5 Å². The van der Waals surface area contributed by atoms with E-state index in [9.17, 15) is 5.11 Å². The zero-order valence-corrected chi connectivity index (χ0v) is 11.7. The average Bonchev–Trinajstić information content (AvgIpc) is 2.92. The zero-order valence-electron chi connectivity index (χ0n) is 11.7. The molecule has 0 saturated carbocycles. The van der Waals surface area contributed by atoms with Crippen LogP contribution >= 0.6 is 0 Å². The Kier molecular flexibility index (Phi) is 3.94. The summed E-state index contributed by atoms with van der Waals surface area (Å²) in [5, 5.41) is 10.3. The second kappa shape index (κ2) is 5.69. The molecule has 1 aromatic carbocycles. The summed E-state index contributed by atoms with van der Waals surface area (Å²) in [6.45, 7) is 2.90. The quantitative estimate of drug-likeness (QED) is 0.902. The molecule has 0 spiro atoms. The van der Waals surface area contributed by atoms with Crippen LogP contribution in [0.5, 0.6) is 5.75 Å². The van der Waals surface area contributed by atoms with E-state index in [-0.39, 0.29) is 12.0 Å². The van der Waals surface area contributed by atoms with Gasteiger partial charge in [0.1, 0.15) is 11.9 Å². The molecule has 5 nitrogen and oxygen atoms in total. The predicted octanol–water partition coefficient (Wildman–Crippen LogP) is 1.33. The van der Waals surface area contributed by atoms with Gasteiger partial charge >= 0.3 is 0 Å². The molecular formula is C15H20O5. The van der Waals surface area contributed by atoms with Gasteiger partial charge in [0, 0.05) is 5.92 Å². The highest BCUT2D eigenvalue weighted by molar-refractivity contribution is 5.26. The second-order valence-corrected chi connectivity index (χ2v) is 5.35. The van der Waals surface area contributed by atoms with Crippen molar-refractivity contribution in [1.29, 1.82) is 0 Å². The standard InChI is InChI=1S/C15H20O5/c1-9-12-8-19-15(20-12)14(13(9)16)18-7-10-3-5-11(17-2)6-4-10/h3-6,9,12-16H,7-8H2,1-2H3/t9-,12?,13-,14?,15-/m1/s1. The van der Waals surface area contributed by atoms with E-state index < -0.39 is 18.5 Å². The minimum Gasteiger partial charge on any atom is -0.497 e. The van der Waals surface area contributed by atoms with Crippen LogP contribution in [-0.4, -0.2) is 43.4 Å². The number of hydrogen-bond donors (Lipinski definition) is 1. The van der Waals surface area contributed by atoms with Crippen LogP contribution < -0.4 is 4.74 Å². The molecule has 5 heteroatoms. The monoisotopic (exact) mass is 280 g/mol. The lowest BCUT2D eigenvalue weighted by Crippen LogP contribution is -2.50. The van der Waals surface area contributed by atoms with Crippen molar-refractivity contribution in [2.45, 2.75) is 38.1 Å². The highest BCUT2D eigenvalue weighted by Crippen LogP contribution is 2.34. The van der Waals surface area contributed by atoms with Crippen LogP contribution in [-0.2, 0) is 20.8 Å². The van der Waals surface area contributed by atoms with Gasteiger partial charge in [-0.25, -0.2) is 0 Å². The van der Waals surface area contributed by atoms with Crippen molar-refractivity contribution in [1.82, 2.24) is 0 Å². The van der Waals surface area contributed by atoms with Gasteiger partial charge in [0.25, 0.3) is 0 Å². The highest BCUT2D eigenvalue weighted by atomic mass is 16.7. The molecule has 2 heterocycles. The molecule has 2 bridgehead atoms. The fourth-order valence-corrected chi connectivity index (χ4v) is 2.66. The Balaban J connectivity index is 1.62. The molecule has 1 aromatic rings. The average molecular weight is 280 g/mol. The van der Waals surface area contributed by atoms with E-state index in [4.69, 9.17) is 18.9 Å². The van der Waals surface area contributed by atoms with E-state index in [1.54, 1.807) is 7.11 Å². The number of benzene rings is 1. The van der Waals surface area contributed by atoms with E-state index in [0.29, 0.717) is 13.2 Å². The summed E-state index contributed by atoms with van der Waals surface area (Å²) in [4.78, 5) is 0. The zero-order chi connectivity index (χ0) is 14.1. The van der Waals surface area contributed by atoms with Crippen molar-refractivity contribution in [2.75, 3.05) is 13.7 Å². The number of aliphatic hydroxyl groups excluding tert-OH is 1. The molecule has 0 radical (unpaired) electrons. The lowest BCUT2D eigenvalue weighted by atomic mass is 9.92. The second-order valence-electron chi connectivity index (χ2n) is 5.35. The highest BCUT2D eigenvalue weighted by Gasteiger charge is 2.48. The SMILES string of the molecule is COc1ccc(COC2[C@@H]3OCC(O3)[C@@H](C)[C@H]2O)cc1. The van der Waals surface area contributed by atoms with Gasteiger partial charge in [0.2, 0.25) is 0 Å². The van der Waals surface area contributed by atoms with Crippen LogP contribution in [0.4, 0.5) is 0 Å². The fourth-order valence-electron chi connectivity index (χ4n) is 2.66. The summed E-state index contributed by atoms with van der Waals surface area (Å²) >= 11 is 0. The molecule has 0 aromatic heterocycles. The first-order valence-electron chi connectivity index (χ1n) is 6.88. The van der Waals surface area contributed by atoms with Crippen LogP contribution in [0.2, 0.25) is 0 Å². The Labute approximate surface area is 118 Å². The van der Waals surface area contributed by atoms with Gasteiger partial charge in [0.15, 0.2) is 6.29 Å². The topological polar surface area (TPSA) is 57.2 Å². The molecule has 5 atom stereocenters. The molecule has 0 amide bonds. The predicted molar refractivity (Wildman–Crippen MR) is 71.4 cm³/mol. The van der Waals surface area contributed by atoms with Crippen LogP contribution in [0.15, 0.2) is 24.3 Å². The Bertz CT molecular complexity index is 446. The molecule has 110 valence electrons. The van der Waals surface area contributed by atoms with E-state index in [2.05, 4.69) is 0 Å². The molecule has 20 heavy (non-hydrogen) atoms. The van der Waals surface area contributed by atoms with Gasteiger partial charge < -0.3 is 24.1 Å². The Morgan fingerprint density at radius 1 is 1.30 bits per heavy atom. The Morgan fingerprint density at radius 2 is 2.05 bits per heavy atom. The van der Waals surface area contributed by atoms with Crippen LogP contribution in [0.25, 0.3) is 0 Å². The van der Waals surface area contributed by atoms with Gasteiger partial charge in [-0.2, -0.15) is 0 Å². The molecular weight excluding hydrogens is 260 g/mol. The molecule has 2 fully saturated rings. The van der Waals surface area contributed by atoms with Crippen LogP contribution in [0.1, 0.15) is 12.5 Å². The van der Waals surface area contributed by atoms with Gasteiger partial charge in [-0.05, 0) is 17.7 Å². The normalized spacial score (nSPS) is 36.0. The maximum atomic E-state index is 10.3. The van der Waals surface area contributed by atoms with Crippen molar-refractivity contribution in [3.05, 3.63) is 29.8 Å². The summed E-state index contributed by atoms with van der Waals surface area (Å²) < 4.78 is 22.1. The molecule has 3 rings (SSSR count).